The van der Waals surface area contributed by atoms with E-state index in [0.717, 1.165) is 138 Å². The molecule has 0 saturated heterocycles. The molecule has 2 atom stereocenters. The van der Waals surface area contributed by atoms with Crippen LogP contribution in [-0.4, -0.2) is 60.9 Å². The summed E-state index contributed by atoms with van der Waals surface area (Å²) in [5.74, 6) is 2.62. The van der Waals surface area contributed by atoms with Crippen molar-refractivity contribution in [3.63, 3.8) is 0 Å². The molecular formula is C90H106N2O8. The number of phenols is 2. The van der Waals surface area contributed by atoms with Gasteiger partial charge in [0.1, 0.15) is 34.5 Å². The van der Waals surface area contributed by atoms with E-state index in [1.165, 1.54) is 25.3 Å². The van der Waals surface area contributed by atoms with Gasteiger partial charge in [0.25, 0.3) is 0 Å². The fraction of sp³-hybridized carbons (Fsp3) is 0.422. The SMILES string of the molecule is COC(=O)c1ccc(-c2cc(C(C)(C)C)cc3c2Oc2c(-c4cc(C=N[C@H]5CCCC[C@@H]5N=Cc5cc(-c6cc(C(C)(C)C)cc7c6Oc6c(-c8ccc(C(=O)OC)cc8)cc(C(C)(C)C)cc6C7(C)C)cc(C(C)(C)C)c5O)c(O)c(C(C)(C)C)c4)cc(C(C)(C)C)cc2C3(C)C)cc1. The van der Waals surface area contributed by atoms with Crippen LogP contribution in [0.4, 0.5) is 0 Å². The van der Waals surface area contributed by atoms with Gasteiger partial charge in [-0.25, -0.2) is 9.59 Å². The zero-order valence-corrected chi connectivity index (χ0v) is 63.9. The van der Waals surface area contributed by atoms with E-state index in [4.69, 9.17) is 28.9 Å². The predicted octanol–water partition coefficient (Wildman–Crippen LogP) is 22.8. The number of methoxy groups -OCH3 is 2. The van der Waals surface area contributed by atoms with E-state index >= 15 is 0 Å². The lowest BCUT2D eigenvalue weighted by molar-refractivity contribution is 0.0592. The molecule has 1 fully saturated rings. The van der Waals surface area contributed by atoms with Gasteiger partial charge >= 0.3 is 11.9 Å². The lowest BCUT2D eigenvalue weighted by atomic mass is 9.70. The number of hydrogen-bond donors (Lipinski definition) is 2. The van der Waals surface area contributed by atoms with E-state index in [1.54, 1.807) is 0 Å². The van der Waals surface area contributed by atoms with Crippen molar-refractivity contribution < 1.29 is 38.7 Å². The summed E-state index contributed by atoms with van der Waals surface area (Å²) < 4.78 is 25.1. The van der Waals surface area contributed by atoms with E-state index in [0.29, 0.717) is 22.3 Å². The molecule has 10 heteroatoms. The molecule has 0 spiro atoms. The van der Waals surface area contributed by atoms with Crippen LogP contribution in [0.3, 0.4) is 0 Å². The lowest BCUT2D eigenvalue weighted by Gasteiger charge is -2.39. The molecule has 0 unspecified atom stereocenters. The van der Waals surface area contributed by atoms with Crippen LogP contribution in [0.15, 0.2) is 131 Å². The quantitative estimate of drug-likeness (QED) is 0.102. The smallest absolute Gasteiger partial charge is 0.337 e. The molecule has 0 radical (unpaired) electrons. The monoisotopic (exact) mass is 1340 g/mol. The summed E-state index contributed by atoms with van der Waals surface area (Å²) >= 11 is 0. The van der Waals surface area contributed by atoms with E-state index in [2.05, 4.69) is 225 Å². The minimum atomic E-state index is -0.528. The number of benzene rings is 8. The third kappa shape index (κ3) is 13.8. The Morgan fingerprint density at radius 3 is 0.920 bits per heavy atom. The molecular weight excluding hydrogens is 1240 g/mol. The van der Waals surface area contributed by atoms with Gasteiger partial charge in [0.2, 0.25) is 0 Å². The van der Waals surface area contributed by atoms with Gasteiger partial charge in [0.05, 0.1) is 37.4 Å². The molecule has 1 saturated carbocycles. The zero-order chi connectivity index (χ0) is 73.1. The van der Waals surface area contributed by atoms with E-state index < -0.39 is 33.6 Å². The van der Waals surface area contributed by atoms with Crippen molar-refractivity contribution in [3.05, 3.63) is 199 Å². The van der Waals surface area contributed by atoms with Crippen molar-refractivity contribution in [1.82, 2.24) is 0 Å². The second-order valence-corrected chi connectivity index (χ2v) is 35.6. The van der Waals surface area contributed by atoms with Gasteiger partial charge in [-0.1, -0.05) is 214 Å². The topological polar surface area (TPSA) is 136 Å². The predicted molar refractivity (Wildman–Crippen MR) is 411 cm³/mol. The third-order valence-corrected chi connectivity index (χ3v) is 21.2. The first-order valence-electron chi connectivity index (χ1n) is 35.7. The Bertz CT molecular complexity index is 4320. The van der Waals surface area contributed by atoms with E-state index in [-0.39, 0.29) is 45.2 Å². The Balaban J connectivity index is 1.01. The van der Waals surface area contributed by atoms with Crippen molar-refractivity contribution in [2.75, 3.05) is 14.2 Å². The summed E-state index contributed by atoms with van der Waals surface area (Å²) in [6.07, 6.45) is 7.28. The fourth-order valence-corrected chi connectivity index (χ4v) is 14.5. The molecule has 8 aromatic rings. The van der Waals surface area contributed by atoms with E-state index in [9.17, 15) is 19.8 Å². The summed E-state index contributed by atoms with van der Waals surface area (Å²) in [5, 5.41) is 25.1. The second-order valence-electron chi connectivity index (χ2n) is 35.6. The van der Waals surface area contributed by atoms with Gasteiger partial charge in [0, 0.05) is 90.0 Å². The molecule has 0 amide bonds. The molecule has 10 nitrogen and oxygen atoms in total. The third-order valence-electron chi connectivity index (χ3n) is 21.2. The highest BCUT2D eigenvalue weighted by Gasteiger charge is 2.43. The number of aliphatic imine (C=N–C) groups is 2. The number of fused-ring (bicyclic) bond motifs is 4. The first-order valence-corrected chi connectivity index (χ1v) is 35.7. The first-order chi connectivity index (χ1) is 46.4. The number of aromatic hydroxyl groups is 2. The maximum absolute atomic E-state index is 12.7. The van der Waals surface area contributed by atoms with Crippen LogP contribution >= 0.6 is 0 Å². The number of carbonyl (C=O) groups is 2. The Morgan fingerprint density at radius 1 is 0.400 bits per heavy atom. The van der Waals surface area contributed by atoms with Gasteiger partial charge in [-0.05, 0) is 163 Å². The van der Waals surface area contributed by atoms with Crippen LogP contribution in [-0.2, 0) is 52.8 Å². The molecule has 100 heavy (non-hydrogen) atoms. The number of phenolic OH excluding ortho intramolecular Hbond substituents is 2. The fourth-order valence-electron chi connectivity index (χ4n) is 14.5. The highest BCUT2D eigenvalue weighted by molar-refractivity contribution is 5.94. The number of rotatable bonds is 10. The molecule has 8 aromatic carbocycles. The zero-order valence-electron chi connectivity index (χ0n) is 63.9. The Kier molecular flexibility index (Phi) is 18.6. The van der Waals surface area contributed by atoms with Gasteiger partial charge < -0.3 is 29.2 Å². The summed E-state index contributed by atoms with van der Waals surface area (Å²) in [6, 6.07) is 41.4. The maximum Gasteiger partial charge on any atom is 0.337 e. The molecule has 2 N–H and O–H groups in total. The highest BCUT2D eigenvalue weighted by atomic mass is 16.5. The first kappa shape index (κ1) is 72.5. The number of hydrogen-bond acceptors (Lipinski definition) is 10. The molecule has 2 aliphatic heterocycles. The van der Waals surface area contributed by atoms with Gasteiger partial charge in [-0.3, -0.25) is 9.98 Å². The number of ether oxygens (including phenoxy) is 4. The van der Waals surface area contributed by atoms with Crippen molar-refractivity contribution in [1.29, 1.82) is 0 Å². The molecule has 0 bridgehead atoms. The van der Waals surface area contributed by atoms with E-state index in [1.807, 2.05) is 61.0 Å². The van der Waals surface area contributed by atoms with Crippen LogP contribution in [0, 0.1) is 0 Å². The van der Waals surface area contributed by atoms with Crippen molar-refractivity contribution in [2.24, 2.45) is 9.98 Å². The van der Waals surface area contributed by atoms with Crippen molar-refractivity contribution in [2.45, 2.75) is 233 Å². The van der Waals surface area contributed by atoms with Gasteiger partial charge in [0.15, 0.2) is 0 Å². The summed E-state index contributed by atoms with van der Waals surface area (Å²) in [7, 11) is 2.80. The minimum absolute atomic E-state index is 0.181. The Hall–Kier alpha value is -8.76. The van der Waals surface area contributed by atoms with Gasteiger partial charge in [-0.15, -0.1) is 0 Å². The molecule has 0 aromatic heterocycles. The van der Waals surface area contributed by atoms with Crippen LogP contribution < -0.4 is 9.47 Å². The highest BCUT2D eigenvalue weighted by Crippen LogP contribution is 2.59. The largest absolute Gasteiger partial charge is 0.507 e. The summed E-state index contributed by atoms with van der Waals surface area (Å²) in [6.45, 7) is 48.9. The van der Waals surface area contributed by atoms with Crippen molar-refractivity contribution in [3.8, 4) is 79.0 Å². The van der Waals surface area contributed by atoms with Crippen LogP contribution in [0.25, 0.3) is 44.5 Å². The average molecular weight is 1340 g/mol. The lowest BCUT2D eigenvalue weighted by Crippen LogP contribution is -2.28. The van der Waals surface area contributed by atoms with Crippen molar-refractivity contribution >= 4 is 24.4 Å². The molecule has 11 rings (SSSR count). The average Bonchev–Trinajstić information content (AvgIpc) is 0.720. The summed E-state index contributed by atoms with van der Waals surface area (Å²) in [4.78, 5) is 36.2. The van der Waals surface area contributed by atoms with Crippen LogP contribution in [0.1, 0.15) is 265 Å². The molecule has 1 aliphatic carbocycles. The van der Waals surface area contributed by atoms with Crippen LogP contribution in [0.5, 0.6) is 34.5 Å². The molecule has 2 heterocycles. The van der Waals surface area contributed by atoms with Crippen LogP contribution in [0.2, 0.25) is 0 Å². The normalized spacial score (nSPS) is 16.8. The number of carbonyl (C=O) groups excluding carboxylic acids is 2. The minimum Gasteiger partial charge on any atom is -0.507 e. The standard InChI is InChI=1S/C90H106N2O8/c1-83(2,3)59-41-63(51-29-33-53(34-30-51)81(95)97-23)77-69(45-59)89(19,20)71-47-61(85(7,8)9)43-65(79(71)99-77)55-37-57(75(93)67(39-55)87(13,14)15)49-91-73-27-25-26-28-74(73)92-50-58-38-56(40-68(76(58)94)88(16,17)18)66-44-62(86(10,11)12)48-72-80(66)100-78-64(52-31-35-54(36-32-52)82(96)98-24)42-60(84(4,5)6)46-70(78)90(72,21)22/h29-50,73-74,93-94H,25-28H2,1-24H3/t73-,74-/m0/s1. The molecule has 524 valence electrons. The summed E-state index contributed by atoms with van der Waals surface area (Å²) in [5.41, 5.74) is 17.2. The molecule has 3 aliphatic rings. The Morgan fingerprint density at radius 2 is 0.670 bits per heavy atom. The maximum atomic E-state index is 12.7. The second kappa shape index (κ2) is 25.7. The van der Waals surface area contributed by atoms with Gasteiger partial charge in [-0.2, -0.15) is 0 Å². The number of esters is 2. The number of nitrogens with zero attached hydrogens (tertiary/aromatic N) is 2. The Labute approximate surface area is 595 Å².